The fourth-order valence-electron chi connectivity index (χ4n) is 1.82. The van der Waals surface area contributed by atoms with Gasteiger partial charge >= 0.3 is 0 Å². The molecule has 3 rings (SSSR count). The zero-order valence-electron chi connectivity index (χ0n) is 10.7. The highest BCUT2D eigenvalue weighted by Gasteiger charge is 2.29. The van der Waals surface area contributed by atoms with Gasteiger partial charge in [-0.2, -0.15) is 4.98 Å². The molecule has 0 atom stereocenters. The molecule has 2 aromatic heterocycles. The zero-order chi connectivity index (χ0) is 13.2. The number of hydrogen-bond donors (Lipinski definition) is 1. The SMILES string of the molecule is Cn1ccnc1C(=O)NCCc1noc(C2CC2)n1. The van der Waals surface area contributed by atoms with Gasteiger partial charge in [0.25, 0.3) is 5.91 Å². The number of nitrogens with zero attached hydrogens (tertiary/aromatic N) is 4. The van der Waals surface area contributed by atoms with E-state index in [1.165, 1.54) is 0 Å². The van der Waals surface area contributed by atoms with Gasteiger partial charge in [-0.1, -0.05) is 5.16 Å². The Morgan fingerprint density at radius 2 is 2.42 bits per heavy atom. The smallest absolute Gasteiger partial charge is 0.287 e. The molecule has 1 fully saturated rings. The fraction of sp³-hybridized carbons (Fsp3) is 0.500. The second-order valence-electron chi connectivity index (χ2n) is 4.69. The summed E-state index contributed by atoms with van der Waals surface area (Å²) < 4.78 is 6.82. The highest BCUT2D eigenvalue weighted by atomic mass is 16.5. The Balaban J connectivity index is 1.49. The van der Waals surface area contributed by atoms with Gasteiger partial charge in [-0.05, 0) is 12.8 Å². The molecule has 1 amide bonds. The molecule has 100 valence electrons. The van der Waals surface area contributed by atoms with Crippen LogP contribution in [0.15, 0.2) is 16.9 Å². The van der Waals surface area contributed by atoms with Crippen molar-refractivity contribution >= 4 is 5.91 Å². The summed E-state index contributed by atoms with van der Waals surface area (Å²) in [5.41, 5.74) is 0. The second kappa shape index (κ2) is 4.83. The highest BCUT2D eigenvalue weighted by Crippen LogP contribution is 2.38. The second-order valence-corrected chi connectivity index (χ2v) is 4.69. The van der Waals surface area contributed by atoms with Crippen LogP contribution < -0.4 is 5.32 Å². The average molecular weight is 261 g/mol. The molecule has 0 radical (unpaired) electrons. The Labute approximate surface area is 110 Å². The van der Waals surface area contributed by atoms with Gasteiger partial charge in [-0.3, -0.25) is 4.79 Å². The van der Waals surface area contributed by atoms with E-state index in [0.717, 1.165) is 18.7 Å². The van der Waals surface area contributed by atoms with E-state index in [0.29, 0.717) is 30.5 Å². The van der Waals surface area contributed by atoms with Crippen molar-refractivity contribution in [2.75, 3.05) is 6.54 Å². The number of carbonyl (C=O) groups is 1. The molecular weight excluding hydrogens is 246 g/mol. The van der Waals surface area contributed by atoms with Crippen molar-refractivity contribution in [2.45, 2.75) is 25.2 Å². The topological polar surface area (TPSA) is 85.8 Å². The van der Waals surface area contributed by atoms with Crippen molar-refractivity contribution < 1.29 is 9.32 Å². The number of aromatic nitrogens is 4. The molecule has 19 heavy (non-hydrogen) atoms. The molecule has 0 bridgehead atoms. The van der Waals surface area contributed by atoms with Gasteiger partial charge in [0.05, 0.1) is 0 Å². The number of rotatable bonds is 5. The molecule has 0 unspecified atom stereocenters. The molecule has 2 heterocycles. The third kappa shape index (κ3) is 2.64. The summed E-state index contributed by atoms with van der Waals surface area (Å²) in [6, 6.07) is 0. The molecule has 0 saturated heterocycles. The van der Waals surface area contributed by atoms with Crippen LogP contribution >= 0.6 is 0 Å². The summed E-state index contributed by atoms with van der Waals surface area (Å²) in [5.74, 6) is 2.03. The molecule has 1 saturated carbocycles. The van der Waals surface area contributed by atoms with Crippen molar-refractivity contribution in [3.05, 3.63) is 29.9 Å². The van der Waals surface area contributed by atoms with Gasteiger partial charge in [0.2, 0.25) is 5.89 Å². The lowest BCUT2D eigenvalue weighted by molar-refractivity contribution is 0.0940. The van der Waals surface area contributed by atoms with Crippen LogP contribution in [0, 0.1) is 0 Å². The van der Waals surface area contributed by atoms with Crippen LogP contribution in [-0.2, 0) is 13.5 Å². The Hall–Kier alpha value is -2.18. The predicted molar refractivity (Wildman–Crippen MR) is 65.5 cm³/mol. The van der Waals surface area contributed by atoms with E-state index in [2.05, 4.69) is 20.4 Å². The van der Waals surface area contributed by atoms with Gasteiger partial charge in [0.15, 0.2) is 11.6 Å². The summed E-state index contributed by atoms with van der Waals surface area (Å²) in [5, 5.41) is 6.68. The van der Waals surface area contributed by atoms with Gasteiger partial charge in [-0.15, -0.1) is 0 Å². The third-order valence-electron chi connectivity index (χ3n) is 3.07. The van der Waals surface area contributed by atoms with Crippen LogP contribution in [0.1, 0.15) is 41.1 Å². The minimum Gasteiger partial charge on any atom is -0.349 e. The quantitative estimate of drug-likeness (QED) is 0.854. The van der Waals surface area contributed by atoms with Crippen molar-refractivity contribution in [3.63, 3.8) is 0 Å². The van der Waals surface area contributed by atoms with Gasteiger partial charge in [-0.25, -0.2) is 4.98 Å². The van der Waals surface area contributed by atoms with E-state index in [4.69, 9.17) is 4.52 Å². The first-order chi connectivity index (χ1) is 9.24. The van der Waals surface area contributed by atoms with E-state index in [1.807, 2.05) is 0 Å². The molecule has 7 heteroatoms. The van der Waals surface area contributed by atoms with Crippen LogP contribution in [0.2, 0.25) is 0 Å². The Bertz CT molecular complexity index is 584. The van der Waals surface area contributed by atoms with Crippen molar-refractivity contribution in [1.29, 1.82) is 0 Å². The molecule has 1 aliphatic rings. The Kier molecular flexibility index (Phi) is 3.02. The summed E-state index contributed by atoms with van der Waals surface area (Å²) >= 11 is 0. The lowest BCUT2D eigenvalue weighted by atomic mass is 10.4. The molecule has 1 aliphatic carbocycles. The summed E-state index contributed by atoms with van der Waals surface area (Å²) in [6.07, 6.45) is 6.16. The third-order valence-corrected chi connectivity index (χ3v) is 3.07. The van der Waals surface area contributed by atoms with Crippen molar-refractivity contribution in [3.8, 4) is 0 Å². The lowest BCUT2D eigenvalue weighted by Gasteiger charge is -2.02. The number of hydrogen-bond acceptors (Lipinski definition) is 5. The first kappa shape index (κ1) is 11.9. The molecule has 0 aliphatic heterocycles. The van der Waals surface area contributed by atoms with Gasteiger partial charge in [0.1, 0.15) is 0 Å². The zero-order valence-corrected chi connectivity index (χ0v) is 10.7. The molecule has 0 spiro atoms. The minimum absolute atomic E-state index is 0.196. The van der Waals surface area contributed by atoms with Crippen molar-refractivity contribution in [2.24, 2.45) is 7.05 Å². The summed E-state index contributed by atoms with van der Waals surface area (Å²) in [7, 11) is 1.78. The van der Waals surface area contributed by atoms with Crippen LogP contribution in [0.5, 0.6) is 0 Å². The highest BCUT2D eigenvalue weighted by molar-refractivity contribution is 5.90. The van der Waals surface area contributed by atoms with Crippen LogP contribution in [-0.4, -0.2) is 32.1 Å². The molecule has 2 aromatic rings. The first-order valence-electron chi connectivity index (χ1n) is 6.32. The van der Waals surface area contributed by atoms with E-state index in [-0.39, 0.29) is 5.91 Å². The Morgan fingerprint density at radius 3 is 3.11 bits per heavy atom. The number of nitrogens with one attached hydrogen (secondary N) is 1. The molecule has 0 aromatic carbocycles. The number of imidazole rings is 1. The van der Waals surface area contributed by atoms with Crippen LogP contribution in [0.4, 0.5) is 0 Å². The lowest BCUT2D eigenvalue weighted by Crippen LogP contribution is -2.28. The van der Waals surface area contributed by atoms with E-state index >= 15 is 0 Å². The molecule has 1 N–H and O–H groups in total. The number of aryl methyl sites for hydroxylation is 1. The van der Waals surface area contributed by atoms with Gasteiger partial charge < -0.3 is 14.4 Å². The molecule has 7 nitrogen and oxygen atoms in total. The average Bonchev–Trinajstić information content (AvgIpc) is 2.99. The first-order valence-corrected chi connectivity index (χ1v) is 6.32. The molecular formula is C12H15N5O2. The predicted octanol–water partition coefficient (Wildman–Crippen LogP) is 0.653. The van der Waals surface area contributed by atoms with E-state index in [9.17, 15) is 4.79 Å². The van der Waals surface area contributed by atoms with Gasteiger partial charge in [0, 0.05) is 38.3 Å². The standard InChI is InChI=1S/C12H15N5O2/c1-17-7-6-13-10(17)11(18)14-5-4-9-15-12(19-16-9)8-2-3-8/h6-8H,2-5H2,1H3,(H,14,18). The van der Waals surface area contributed by atoms with E-state index in [1.54, 1.807) is 24.0 Å². The normalized spacial score (nSPS) is 14.6. The maximum atomic E-state index is 11.8. The minimum atomic E-state index is -0.196. The summed E-state index contributed by atoms with van der Waals surface area (Å²) in [4.78, 5) is 20.1. The van der Waals surface area contributed by atoms with Crippen molar-refractivity contribution in [1.82, 2.24) is 25.0 Å². The maximum absolute atomic E-state index is 11.8. The fourth-order valence-corrected chi connectivity index (χ4v) is 1.82. The van der Waals surface area contributed by atoms with E-state index < -0.39 is 0 Å². The summed E-state index contributed by atoms with van der Waals surface area (Å²) in [6.45, 7) is 0.468. The Morgan fingerprint density at radius 1 is 1.58 bits per heavy atom. The monoisotopic (exact) mass is 261 g/mol. The van der Waals surface area contributed by atoms with Crippen LogP contribution in [0.25, 0.3) is 0 Å². The van der Waals surface area contributed by atoms with Crippen LogP contribution in [0.3, 0.4) is 0 Å². The maximum Gasteiger partial charge on any atom is 0.287 e. The number of carbonyl (C=O) groups excluding carboxylic acids is 1. The largest absolute Gasteiger partial charge is 0.349 e. The number of amides is 1.